The van der Waals surface area contributed by atoms with E-state index in [1.807, 2.05) is 0 Å². The van der Waals surface area contributed by atoms with Crippen LogP contribution in [0.4, 0.5) is 0 Å². The fraction of sp³-hybridized carbons (Fsp3) is 0.200. The van der Waals surface area contributed by atoms with Gasteiger partial charge in [-0.15, -0.1) is 0 Å². The van der Waals surface area contributed by atoms with Gasteiger partial charge in [0.25, 0.3) is 0 Å². The average molecular weight is 304 g/mol. The molecule has 6 heteroatoms. The SMILES string of the molecule is CCOC(=O)c1[nH]c2ccnc(Cl)c2c1Br. The zero-order valence-electron chi connectivity index (χ0n) is 8.38. The van der Waals surface area contributed by atoms with Gasteiger partial charge in [-0.1, -0.05) is 11.6 Å². The van der Waals surface area contributed by atoms with Gasteiger partial charge >= 0.3 is 5.97 Å². The Balaban J connectivity index is 2.61. The molecule has 0 fully saturated rings. The number of halogens is 2. The maximum absolute atomic E-state index is 11.6. The molecular weight excluding hydrogens is 295 g/mol. The van der Waals surface area contributed by atoms with Crippen molar-refractivity contribution in [2.75, 3.05) is 6.61 Å². The second kappa shape index (κ2) is 4.43. The highest BCUT2D eigenvalue weighted by Crippen LogP contribution is 2.32. The first kappa shape index (κ1) is 11.4. The molecule has 0 saturated heterocycles. The summed E-state index contributed by atoms with van der Waals surface area (Å²) in [6, 6.07) is 1.74. The number of aromatic nitrogens is 2. The number of aromatic amines is 1. The third-order valence-electron chi connectivity index (χ3n) is 2.08. The molecule has 0 aliphatic rings. The molecule has 0 atom stereocenters. The fourth-order valence-corrected chi connectivity index (χ4v) is 2.44. The molecule has 84 valence electrons. The first-order chi connectivity index (χ1) is 7.65. The number of H-pyrrole nitrogens is 1. The topological polar surface area (TPSA) is 55.0 Å². The maximum Gasteiger partial charge on any atom is 0.355 e. The Kier molecular flexibility index (Phi) is 3.16. The lowest BCUT2D eigenvalue weighted by Crippen LogP contribution is -2.05. The molecule has 0 aliphatic carbocycles. The molecule has 1 N–H and O–H groups in total. The Morgan fingerprint density at radius 3 is 3.06 bits per heavy atom. The second-order valence-corrected chi connectivity index (χ2v) is 4.21. The van der Waals surface area contributed by atoms with Gasteiger partial charge in [0, 0.05) is 6.20 Å². The van der Waals surface area contributed by atoms with Crippen molar-refractivity contribution in [3.63, 3.8) is 0 Å². The van der Waals surface area contributed by atoms with Crippen LogP contribution >= 0.6 is 27.5 Å². The van der Waals surface area contributed by atoms with E-state index in [1.54, 1.807) is 19.2 Å². The molecule has 2 aromatic heterocycles. The van der Waals surface area contributed by atoms with Gasteiger partial charge in [0.2, 0.25) is 0 Å². The minimum atomic E-state index is -0.415. The number of fused-ring (bicyclic) bond motifs is 1. The van der Waals surface area contributed by atoms with E-state index in [9.17, 15) is 4.79 Å². The number of pyridine rings is 1. The Labute approximate surface area is 105 Å². The third-order valence-corrected chi connectivity index (χ3v) is 3.16. The van der Waals surface area contributed by atoms with Crippen LogP contribution < -0.4 is 0 Å². The molecule has 0 radical (unpaired) electrons. The van der Waals surface area contributed by atoms with Crippen molar-refractivity contribution in [1.82, 2.24) is 9.97 Å². The number of hydrogen-bond acceptors (Lipinski definition) is 3. The molecular formula is C10H8BrClN2O2. The van der Waals surface area contributed by atoms with Crippen LogP contribution in [0.5, 0.6) is 0 Å². The van der Waals surface area contributed by atoms with E-state index in [1.165, 1.54) is 0 Å². The number of carbonyl (C=O) groups is 1. The zero-order valence-corrected chi connectivity index (χ0v) is 10.7. The van der Waals surface area contributed by atoms with Crippen LogP contribution in [-0.4, -0.2) is 22.5 Å². The lowest BCUT2D eigenvalue weighted by Gasteiger charge is -1.98. The lowest BCUT2D eigenvalue weighted by molar-refractivity contribution is 0.0519. The van der Waals surface area contributed by atoms with Crippen molar-refractivity contribution in [3.8, 4) is 0 Å². The van der Waals surface area contributed by atoms with Gasteiger partial charge in [-0.25, -0.2) is 9.78 Å². The van der Waals surface area contributed by atoms with Crippen LogP contribution in [0.2, 0.25) is 5.15 Å². The van der Waals surface area contributed by atoms with Crippen LogP contribution in [0.1, 0.15) is 17.4 Å². The first-order valence-electron chi connectivity index (χ1n) is 4.64. The summed E-state index contributed by atoms with van der Waals surface area (Å²) in [6.45, 7) is 2.08. The molecule has 2 heterocycles. The van der Waals surface area contributed by atoms with Crippen molar-refractivity contribution in [3.05, 3.63) is 27.6 Å². The molecule has 2 rings (SSSR count). The highest BCUT2D eigenvalue weighted by atomic mass is 79.9. The van der Waals surface area contributed by atoms with Crippen LogP contribution in [-0.2, 0) is 4.74 Å². The summed E-state index contributed by atoms with van der Waals surface area (Å²) >= 11 is 9.26. The average Bonchev–Trinajstić information content (AvgIpc) is 2.58. The van der Waals surface area contributed by atoms with Gasteiger partial charge in [0.15, 0.2) is 0 Å². The summed E-state index contributed by atoms with van der Waals surface area (Å²) in [6.07, 6.45) is 1.57. The predicted molar refractivity (Wildman–Crippen MR) is 64.8 cm³/mol. The van der Waals surface area contributed by atoms with Crippen LogP contribution in [0, 0.1) is 0 Å². The van der Waals surface area contributed by atoms with E-state index in [2.05, 4.69) is 25.9 Å². The molecule has 0 bridgehead atoms. The number of rotatable bonds is 2. The van der Waals surface area contributed by atoms with Gasteiger partial charge in [-0.3, -0.25) is 0 Å². The number of hydrogen-bond donors (Lipinski definition) is 1. The van der Waals surface area contributed by atoms with E-state index in [-0.39, 0.29) is 0 Å². The van der Waals surface area contributed by atoms with Crippen LogP contribution in [0.3, 0.4) is 0 Å². The van der Waals surface area contributed by atoms with E-state index < -0.39 is 5.97 Å². The maximum atomic E-state index is 11.6. The largest absolute Gasteiger partial charge is 0.461 e. The standard InChI is InChI=1S/C10H8BrClN2O2/c1-2-16-10(15)8-7(11)6-5(14-8)3-4-13-9(6)12/h3-4,14H,2H2,1H3. The van der Waals surface area contributed by atoms with Crippen molar-refractivity contribution >= 4 is 44.4 Å². The van der Waals surface area contributed by atoms with E-state index in [0.717, 1.165) is 5.52 Å². The van der Waals surface area contributed by atoms with Gasteiger partial charge in [0.05, 0.1) is 22.0 Å². The highest BCUT2D eigenvalue weighted by molar-refractivity contribution is 9.10. The fourth-order valence-electron chi connectivity index (χ4n) is 1.41. The highest BCUT2D eigenvalue weighted by Gasteiger charge is 2.18. The number of esters is 1. The van der Waals surface area contributed by atoms with Crippen LogP contribution in [0.25, 0.3) is 10.9 Å². The van der Waals surface area contributed by atoms with Gasteiger partial charge in [-0.05, 0) is 28.9 Å². The summed E-state index contributed by atoms with van der Waals surface area (Å²) in [5.41, 5.74) is 1.10. The Morgan fingerprint density at radius 1 is 1.69 bits per heavy atom. The van der Waals surface area contributed by atoms with Crippen molar-refractivity contribution in [2.45, 2.75) is 6.92 Å². The summed E-state index contributed by atoms with van der Waals surface area (Å²) in [4.78, 5) is 18.5. The molecule has 0 unspecified atom stereocenters. The zero-order chi connectivity index (χ0) is 11.7. The predicted octanol–water partition coefficient (Wildman–Crippen LogP) is 3.16. The summed E-state index contributed by atoms with van der Waals surface area (Å²) in [5, 5.41) is 1.03. The number of nitrogens with zero attached hydrogens (tertiary/aromatic N) is 1. The molecule has 0 aliphatic heterocycles. The number of ether oxygens (including phenoxy) is 1. The Morgan fingerprint density at radius 2 is 2.44 bits per heavy atom. The summed E-state index contributed by atoms with van der Waals surface area (Å²) in [7, 11) is 0. The summed E-state index contributed by atoms with van der Waals surface area (Å²) in [5.74, 6) is -0.415. The van der Waals surface area contributed by atoms with Crippen molar-refractivity contribution in [1.29, 1.82) is 0 Å². The van der Waals surface area contributed by atoms with Gasteiger partial charge in [-0.2, -0.15) is 0 Å². The molecule has 4 nitrogen and oxygen atoms in total. The van der Waals surface area contributed by atoms with Gasteiger partial charge < -0.3 is 9.72 Å². The number of nitrogens with one attached hydrogen (secondary N) is 1. The molecule has 0 saturated carbocycles. The van der Waals surface area contributed by atoms with Crippen LogP contribution in [0.15, 0.2) is 16.7 Å². The second-order valence-electron chi connectivity index (χ2n) is 3.06. The molecule has 16 heavy (non-hydrogen) atoms. The first-order valence-corrected chi connectivity index (χ1v) is 5.81. The molecule has 0 aromatic carbocycles. The normalized spacial score (nSPS) is 10.7. The summed E-state index contributed by atoms with van der Waals surface area (Å²) < 4.78 is 5.50. The monoisotopic (exact) mass is 302 g/mol. The quantitative estimate of drug-likeness (QED) is 0.685. The Bertz CT molecular complexity index is 553. The van der Waals surface area contributed by atoms with Crippen molar-refractivity contribution < 1.29 is 9.53 Å². The smallest absolute Gasteiger partial charge is 0.355 e. The lowest BCUT2D eigenvalue weighted by atomic mass is 10.3. The minimum absolute atomic E-state index is 0.326. The van der Waals surface area contributed by atoms with E-state index in [0.29, 0.717) is 27.3 Å². The Hall–Kier alpha value is -1.07. The molecule has 0 spiro atoms. The number of carbonyl (C=O) groups excluding carboxylic acids is 1. The third kappa shape index (κ3) is 1.81. The minimum Gasteiger partial charge on any atom is -0.461 e. The molecule has 0 amide bonds. The van der Waals surface area contributed by atoms with Crippen molar-refractivity contribution in [2.24, 2.45) is 0 Å². The van der Waals surface area contributed by atoms with E-state index >= 15 is 0 Å². The van der Waals surface area contributed by atoms with E-state index in [4.69, 9.17) is 16.3 Å². The van der Waals surface area contributed by atoms with Gasteiger partial charge in [0.1, 0.15) is 10.8 Å². The molecule has 2 aromatic rings.